The average molecular weight is 202 g/mol. The Bertz CT molecular complexity index is 514. The van der Waals surface area contributed by atoms with Gasteiger partial charge in [0.05, 0.1) is 5.39 Å². The minimum Gasteiger partial charge on any atom is -0.380 e. The number of rotatable bonds is 3. The first-order valence-electron chi connectivity index (χ1n) is 4.56. The number of carbonyl (C=O) groups is 1. The summed E-state index contributed by atoms with van der Waals surface area (Å²) in [6.45, 7) is 0. The predicted octanol–water partition coefficient (Wildman–Crippen LogP) is 2.01. The van der Waals surface area contributed by atoms with Crippen LogP contribution in [-0.4, -0.2) is 11.4 Å². The topological polar surface area (TPSA) is 69.1 Å². The molecule has 1 aromatic carbocycles. The van der Waals surface area contributed by atoms with Crippen LogP contribution in [0.15, 0.2) is 28.8 Å². The summed E-state index contributed by atoms with van der Waals surface area (Å²) in [6, 6.07) is 5.57. The summed E-state index contributed by atoms with van der Waals surface area (Å²) in [6.07, 6.45) is 4.91. The molecule has 0 aliphatic carbocycles. The maximum absolute atomic E-state index is 10.1. The minimum absolute atomic E-state index is 0.385. The molecule has 76 valence electrons. The molecule has 1 heterocycles. The van der Waals surface area contributed by atoms with Gasteiger partial charge in [0.15, 0.2) is 11.4 Å². The van der Waals surface area contributed by atoms with Crippen molar-refractivity contribution in [3.63, 3.8) is 0 Å². The number of carbonyl (C=O) groups excluding carboxylic acids is 1. The number of aromatic nitrogens is 1. The number of hydrogen-bond donors (Lipinski definition) is 1. The number of anilines is 1. The molecule has 4 heteroatoms. The van der Waals surface area contributed by atoms with Crippen molar-refractivity contribution in [1.82, 2.24) is 5.16 Å². The Morgan fingerprint density at radius 3 is 3.13 bits per heavy atom. The summed E-state index contributed by atoms with van der Waals surface area (Å²) in [7, 11) is 0. The zero-order valence-electron chi connectivity index (χ0n) is 8.01. The van der Waals surface area contributed by atoms with Gasteiger partial charge in [-0.05, 0) is 17.7 Å². The molecule has 0 aliphatic heterocycles. The molecular formula is C11H10N2O2. The van der Waals surface area contributed by atoms with Gasteiger partial charge in [-0.15, -0.1) is 0 Å². The lowest BCUT2D eigenvalue weighted by Crippen LogP contribution is -1.83. The maximum atomic E-state index is 10.1. The Morgan fingerprint density at radius 2 is 2.33 bits per heavy atom. The van der Waals surface area contributed by atoms with Crippen LogP contribution >= 0.6 is 0 Å². The molecular weight excluding hydrogens is 192 g/mol. The second-order valence-electron chi connectivity index (χ2n) is 3.13. The summed E-state index contributed by atoms with van der Waals surface area (Å²) in [5.74, 6) is 0.385. The predicted molar refractivity (Wildman–Crippen MR) is 58.1 cm³/mol. The van der Waals surface area contributed by atoms with Crippen molar-refractivity contribution in [2.45, 2.75) is 6.42 Å². The molecule has 0 aliphatic rings. The van der Waals surface area contributed by atoms with E-state index >= 15 is 0 Å². The lowest BCUT2D eigenvalue weighted by molar-refractivity contribution is -0.107. The Morgan fingerprint density at radius 1 is 1.47 bits per heavy atom. The van der Waals surface area contributed by atoms with Crippen LogP contribution in [0.2, 0.25) is 0 Å². The number of nitrogen functional groups attached to an aromatic ring is 1. The number of nitrogens with zero attached hydrogens (tertiary/aromatic N) is 1. The Kier molecular flexibility index (Phi) is 2.49. The Balaban J connectivity index is 2.37. The van der Waals surface area contributed by atoms with E-state index in [0.29, 0.717) is 17.8 Å². The van der Waals surface area contributed by atoms with Crippen LogP contribution in [0.1, 0.15) is 12.0 Å². The highest BCUT2D eigenvalue weighted by Crippen LogP contribution is 2.21. The van der Waals surface area contributed by atoms with Crippen molar-refractivity contribution < 1.29 is 9.32 Å². The zero-order chi connectivity index (χ0) is 10.7. The molecule has 15 heavy (non-hydrogen) atoms. The summed E-state index contributed by atoms with van der Waals surface area (Å²) in [5, 5.41) is 4.45. The highest BCUT2D eigenvalue weighted by atomic mass is 16.5. The largest absolute Gasteiger partial charge is 0.380 e. The number of benzene rings is 1. The smallest absolute Gasteiger partial charge is 0.174 e. The molecule has 0 fully saturated rings. The van der Waals surface area contributed by atoms with E-state index in [1.807, 2.05) is 18.2 Å². The van der Waals surface area contributed by atoms with Crippen LogP contribution in [-0.2, 0) is 4.79 Å². The third-order valence-corrected chi connectivity index (χ3v) is 2.06. The van der Waals surface area contributed by atoms with E-state index in [1.165, 1.54) is 0 Å². The van der Waals surface area contributed by atoms with Crippen molar-refractivity contribution >= 4 is 29.1 Å². The average Bonchev–Trinajstić information content (AvgIpc) is 2.61. The number of aldehydes is 1. The van der Waals surface area contributed by atoms with E-state index < -0.39 is 0 Å². The van der Waals surface area contributed by atoms with Crippen LogP contribution in [0.4, 0.5) is 5.82 Å². The first-order valence-corrected chi connectivity index (χ1v) is 4.56. The summed E-state index contributed by atoms with van der Waals surface area (Å²) >= 11 is 0. The molecule has 0 saturated carbocycles. The molecule has 2 rings (SSSR count). The Hall–Kier alpha value is -2.10. The number of hydrogen-bond acceptors (Lipinski definition) is 4. The van der Waals surface area contributed by atoms with Crippen LogP contribution in [0, 0.1) is 0 Å². The van der Waals surface area contributed by atoms with Gasteiger partial charge < -0.3 is 15.1 Å². The van der Waals surface area contributed by atoms with Gasteiger partial charge in [0, 0.05) is 6.42 Å². The fraction of sp³-hybridized carbons (Fsp3) is 0.0909. The maximum Gasteiger partial charge on any atom is 0.174 e. The van der Waals surface area contributed by atoms with Gasteiger partial charge in [-0.3, -0.25) is 0 Å². The molecule has 0 unspecified atom stereocenters. The van der Waals surface area contributed by atoms with Gasteiger partial charge in [0.2, 0.25) is 0 Å². The van der Waals surface area contributed by atoms with Crippen molar-refractivity contribution in [3.8, 4) is 0 Å². The standard InChI is InChI=1S/C11H10N2O2/c12-11-9-7-8(3-1-2-6-14)4-5-10(9)15-13-11/h1,3-7H,2H2,(H2,12,13). The van der Waals surface area contributed by atoms with Gasteiger partial charge >= 0.3 is 0 Å². The second-order valence-corrected chi connectivity index (χ2v) is 3.13. The molecule has 2 N–H and O–H groups in total. The van der Waals surface area contributed by atoms with Gasteiger partial charge in [-0.2, -0.15) is 0 Å². The molecule has 0 amide bonds. The van der Waals surface area contributed by atoms with Gasteiger partial charge in [0.25, 0.3) is 0 Å². The fourth-order valence-corrected chi connectivity index (χ4v) is 1.34. The molecule has 0 radical (unpaired) electrons. The fourth-order valence-electron chi connectivity index (χ4n) is 1.34. The first-order chi connectivity index (χ1) is 7.31. The van der Waals surface area contributed by atoms with Crippen molar-refractivity contribution in [3.05, 3.63) is 29.8 Å². The third-order valence-electron chi connectivity index (χ3n) is 2.06. The highest BCUT2D eigenvalue weighted by molar-refractivity contribution is 5.88. The van der Waals surface area contributed by atoms with E-state index in [1.54, 1.807) is 12.1 Å². The van der Waals surface area contributed by atoms with Crippen molar-refractivity contribution in [2.75, 3.05) is 5.73 Å². The van der Waals surface area contributed by atoms with Crippen LogP contribution in [0.3, 0.4) is 0 Å². The molecule has 0 saturated heterocycles. The molecule has 0 spiro atoms. The number of nitrogens with two attached hydrogens (primary N) is 1. The summed E-state index contributed by atoms with van der Waals surface area (Å²) in [4.78, 5) is 10.1. The van der Waals surface area contributed by atoms with Crippen molar-refractivity contribution in [2.24, 2.45) is 0 Å². The number of allylic oxidation sites excluding steroid dienone is 1. The molecule has 0 atom stereocenters. The first kappa shape index (κ1) is 9.45. The second kappa shape index (κ2) is 3.96. The van der Waals surface area contributed by atoms with Gasteiger partial charge in [-0.1, -0.05) is 23.4 Å². The monoisotopic (exact) mass is 202 g/mol. The quantitative estimate of drug-likeness (QED) is 0.773. The minimum atomic E-state index is 0.385. The summed E-state index contributed by atoms with van der Waals surface area (Å²) in [5.41, 5.74) is 7.25. The van der Waals surface area contributed by atoms with E-state index in [9.17, 15) is 4.79 Å². The van der Waals surface area contributed by atoms with Crippen molar-refractivity contribution in [1.29, 1.82) is 0 Å². The zero-order valence-corrected chi connectivity index (χ0v) is 8.01. The third kappa shape index (κ3) is 1.88. The van der Waals surface area contributed by atoms with E-state index in [4.69, 9.17) is 10.3 Å². The van der Waals surface area contributed by atoms with Gasteiger partial charge in [-0.25, -0.2) is 0 Å². The van der Waals surface area contributed by atoms with E-state index in [2.05, 4.69) is 5.16 Å². The normalized spacial score (nSPS) is 11.2. The van der Waals surface area contributed by atoms with E-state index in [-0.39, 0.29) is 0 Å². The Labute approximate surface area is 86.3 Å². The lowest BCUT2D eigenvalue weighted by Gasteiger charge is -1.92. The van der Waals surface area contributed by atoms with Crippen LogP contribution in [0.5, 0.6) is 0 Å². The SMILES string of the molecule is Nc1noc2ccc(C=CCC=O)cc12. The van der Waals surface area contributed by atoms with Gasteiger partial charge in [0.1, 0.15) is 6.29 Å². The number of fused-ring (bicyclic) bond motifs is 1. The molecule has 4 nitrogen and oxygen atoms in total. The van der Waals surface area contributed by atoms with Crippen LogP contribution < -0.4 is 5.73 Å². The molecule has 2 aromatic rings. The lowest BCUT2D eigenvalue weighted by atomic mass is 10.1. The summed E-state index contributed by atoms with van der Waals surface area (Å²) < 4.78 is 4.97. The van der Waals surface area contributed by atoms with E-state index in [0.717, 1.165) is 17.2 Å². The highest BCUT2D eigenvalue weighted by Gasteiger charge is 2.03. The molecule has 1 aromatic heterocycles. The van der Waals surface area contributed by atoms with Crippen LogP contribution in [0.25, 0.3) is 17.0 Å². The molecule has 0 bridgehead atoms.